The predicted molar refractivity (Wildman–Crippen MR) is 28.5 cm³/mol. The summed E-state index contributed by atoms with van der Waals surface area (Å²) in [5.74, 6) is 0. The molecule has 0 spiro atoms. The van der Waals surface area contributed by atoms with Gasteiger partial charge in [-0.1, -0.05) is 0 Å². The van der Waals surface area contributed by atoms with Gasteiger partial charge in [-0.3, -0.25) is 0 Å². The molecule has 0 unspecified atom stereocenters. The summed E-state index contributed by atoms with van der Waals surface area (Å²) in [4.78, 5) is 0. The van der Waals surface area contributed by atoms with Crippen molar-refractivity contribution in [3.05, 3.63) is 0 Å². The van der Waals surface area contributed by atoms with Crippen molar-refractivity contribution in [3.63, 3.8) is 0 Å². The van der Waals surface area contributed by atoms with Gasteiger partial charge in [0.05, 0.1) is 0 Å². The second-order valence-corrected chi connectivity index (χ2v) is 7.67. The van der Waals surface area contributed by atoms with Crippen molar-refractivity contribution in [1.29, 1.82) is 0 Å². The van der Waals surface area contributed by atoms with E-state index in [1.54, 1.807) is 0 Å². The Balaban J connectivity index is -0.0000000169. The minimum Gasteiger partial charge on any atom is 2.00 e. The average Bonchev–Trinajstić information content (AvgIpc) is 2.08. The summed E-state index contributed by atoms with van der Waals surface area (Å²) >= 11 is -25.2. The van der Waals surface area contributed by atoms with Crippen molar-refractivity contribution in [1.82, 2.24) is 0 Å². The molecule has 0 amide bonds. The van der Waals surface area contributed by atoms with Crippen LogP contribution in [-0.4, -0.2) is 105 Å². The van der Waals surface area contributed by atoms with E-state index in [0.29, 0.717) is 0 Å². The zero-order valence-electron chi connectivity index (χ0n) is 12.5. The van der Waals surface area contributed by atoms with Crippen LogP contribution in [0, 0.1) is 0 Å². The Morgan fingerprint density at radius 3 is 0.571 bits per heavy atom. The monoisotopic (exact) mass is 1400 g/mol. The Hall–Kier alpha value is 6.21. The SMILES string of the molecule is [Mg+2].[O]=[Nb](=[O])[O-].[O]=[Nb](=[O])[O-].[O]=[Ti]([O-])[O-].[O]=[Ti]([O-])[O-].[O]=[Zr]([O-])[O-].[O]=[Zr]([O-])[O-].[Pb+2].[Pb+2].[Pb+2]. The molecule has 18 nitrogen and oxygen atoms in total. The standard InChI is InChI=1S/Mg.2Nb.18O.3Pb.2Ti.2Zr/q+2;;;;;;;;;;;10*-1;3*+2;;;;. The molecule has 0 heterocycles. The minimum atomic E-state index is -4.29. The molecule has 6 radical (unpaired) electrons. The van der Waals surface area contributed by atoms with Gasteiger partial charge in [-0.25, -0.2) is 0 Å². The van der Waals surface area contributed by atoms with Gasteiger partial charge in [0.1, 0.15) is 0 Å². The van der Waals surface area contributed by atoms with E-state index in [4.69, 9.17) is 60.0 Å². The number of rotatable bonds is 0. The topological polar surface area (TPSA) is 367 Å². The Kier molecular flexibility index (Phi) is 135. The van der Waals surface area contributed by atoms with Crippen LogP contribution in [0.3, 0.4) is 0 Å². The van der Waals surface area contributed by atoms with E-state index in [0.717, 1.165) is 0 Å². The first-order chi connectivity index (χ1) is 10.4. The summed E-state index contributed by atoms with van der Waals surface area (Å²) in [7, 11) is 0. The van der Waals surface area contributed by atoms with Gasteiger partial charge in [0.2, 0.25) is 0 Å². The van der Waals surface area contributed by atoms with Crippen molar-refractivity contribution < 1.29 is 180 Å². The Morgan fingerprint density at radius 2 is 0.571 bits per heavy atom. The van der Waals surface area contributed by atoms with E-state index in [1.165, 1.54) is 0 Å². The van der Waals surface area contributed by atoms with Gasteiger partial charge in [0, 0.05) is 0 Å². The van der Waals surface area contributed by atoms with Crippen LogP contribution in [0.2, 0.25) is 0 Å². The molecule has 0 aliphatic rings. The molecule has 0 bridgehead atoms. The fourth-order valence-corrected chi connectivity index (χ4v) is 0. The second kappa shape index (κ2) is 58.8. The van der Waals surface area contributed by atoms with Crippen LogP contribution in [0.4, 0.5) is 0 Å². The molecule has 0 N–H and O–H groups in total. The molecule has 28 heteroatoms. The summed E-state index contributed by atoms with van der Waals surface area (Å²) in [5.41, 5.74) is 0. The molecule has 0 aromatic rings. The van der Waals surface area contributed by atoms with Gasteiger partial charge in [-0.2, -0.15) is 0 Å². The van der Waals surface area contributed by atoms with Crippen LogP contribution in [0.15, 0.2) is 0 Å². The molecule has 0 fully saturated rings. The van der Waals surface area contributed by atoms with Crippen molar-refractivity contribution in [3.8, 4) is 0 Å². The van der Waals surface area contributed by atoms with Crippen LogP contribution in [0.1, 0.15) is 0 Å². The quantitative estimate of drug-likeness (QED) is 0.203. The maximum atomic E-state index is 8.61. The van der Waals surface area contributed by atoms with Gasteiger partial charge >= 0.3 is 285 Å². The number of hydrogen-bond donors (Lipinski definition) is 0. The van der Waals surface area contributed by atoms with Gasteiger partial charge in [0.25, 0.3) is 0 Å². The fraction of sp³-hybridized carbons (Fsp3) is 0. The first-order valence-electron chi connectivity index (χ1n) is 3.54. The van der Waals surface area contributed by atoms with E-state index >= 15 is 0 Å². The van der Waals surface area contributed by atoms with Crippen LogP contribution in [-0.2, 0) is 145 Å². The smallest absolute Gasteiger partial charge is 2.00 e. The van der Waals surface area contributed by atoms with Crippen molar-refractivity contribution in [2.45, 2.75) is 0 Å². The van der Waals surface area contributed by atoms with E-state index in [9.17, 15) is 0 Å². The molecule has 0 rings (SSSR count). The fourth-order valence-electron chi connectivity index (χ4n) is 0. The molecule has 0 aromatic heterocycles. The predicted octanol–water partition coefficient (Wildman–Crippen LogP) is -14.4. The first kappa shape index (κ1) is 64.4. The molecule has 150 valence electrons. The van der Waals surface area contributed by atoms with E-state index in [1.807, 2.05) is 0 Å². The summed E-state index contributed by atoms with van der Waals surface area (Å²) in [6, 6.07) is 0. The summed E-state index contributed by atoms with van der Waals surface area (Å²) in [5, 5.41) is 0. The minimum absolute atomic E-state index is 0. The molecular formula is MgNb2O18Pb3Ti2Zr2-2. The van der Waals surface area contributed by atoms with E-state index < -0.39 is 120 Å². The van der Waals surface area contributed by atoms with Gasteiger partial charge in [0.15, 0.2) is 0 Å². The van der Waals surface area contributed by atoms with Crippen LogP contribution >= 0.6 is 0 Å². The van der Waals surface area contributed by atoms with E-state index in [2.05, 4.69) is 0 Å². The third-order valence-corrected chi connectivity index (χ3v) is 0. The van der Waals surface area contributed by atoms with Crippen LogP contribution in [0.25, 0.3) is 0 Å². The van der Waals surface area contributed by atoms with Crippen molar-refractivity contribution >= 4 is 105 Å². The molecular weight excluding hydrogens is 1400 g/mol. The van der Waals surface area contributed by atoms with Crippen molar-refractivity contribution in [2.24, 2.45) is 0 Å². The Morgan fingerprint density at radius 1 is 0.571 bits per heavy atom. The van der Waals surface area contributed by atoms with E-state index in [-0.39, 0.29) is 105 Å². The van der Waals surface area contributed by atoms with Crippen LogP contribution < -0.4 is 34.7 Å². The largest absolute Gasteiger partial charge is 2.00 e. The Bertz CT molecular complexity index is 393. The normalized spacial score (nSPS) is 5.50. The molecule has 0 saturated carbocycles. The maximum Gasteiger partial charge on any atom is 2.00 e. The van der Waals surface area contributed by atoms with Crippen molar-refractivity contribution in [2.75, 3.05) is 0 Å². The van der Waals surface area contributed by atoms with Gasteiger partial charge < -0.3 is 0 Å². The molecule has 0 atom stereocenters. The zero-order chi connectivity index (χ0) is 21.5. The van der Waals surface area contributed by atoms with Crippen LogP contribution in [0.5, 0.6) is 0 Å². The molecule has 0 aliphatic heterocycles. The molecule has 0 aromatic carbocycles. The summed E-state index contributed by atoms with van der Waals surface area (Å²) < 4.78 is 155. The molecule has 0 aliphatic carbocycles. The number of hydrogen-bond acceptors (Lipinski definition) is 18. The zero-order valence-corrected chi connectivity index (χ0v) is 38.0. The maximum absolute atomic E-state index is 8.61. The third-order valence-electron chi connectivity index (χ3n) is 0. The average molecular weight is 1400 g/mol. The molecule has 0 saturated heterocycles. The third kappa shape index (κ3) is 814. The van der Waals surface area contributed by atoms with Gasteiger partial charge in [-0.15, -0.1) is 0 Å². The second-order valence-electron chi connectivity index (χ2n) is 1.45. The first-order valence-corrected chi connectivity index (χ1v) is 18.8. The summed E-state index contributed by atoms with van der Waals surface area (Å²) in [6.07, 6.45) is 0. The summed E-state index contributed by atoms with van der Waals surface area (Å²) in [6.45, 7) is 0. The Labute approximate surface area is 278 Å². The van der Waals surface area contributed by atoms with Gasteiger partial charge in [-0.05, 0) is 0 Å². The molecule has 28 heavy (non-hydrogen) atoms.